The number of rotatable bonds is 4. The fraction of sp³-hybridized carbons (Fsp3) is 0.0952. The van der Waals surface area contributed by atoms with E-state index in [2.05, 4.69) is 4.98 Å². The third kappa shape index (κ3) is 2.94. The van der Waals surface area contributed by atoms with Crippen molar-refractivity contribution >= 4 is 11.6 Å². The van der Waals surface area contributed by atoms with Crippen LogP contribution in [-0.4, -0.2) is 16.6 Å². The van der Waals surface area contributed by atoms with Crippen LogP contribution in [0.1, 0.15) is 26.3 Å². The first-order chi connectivity index (χ1) is 12.2. The molecule has 4 nitrogen and oxygen atoms in total. The number of hydrogen-bond donors (Lipinski definition) is 0. The van der Waals surface area contributed by atoms with Crippen LogP contribution in [0.3, 0.4) is 0 Å². The van der Waals surface area contributed by atoms with Crippen LogP contribution in [0.25, 0.3) is 0 Å². The number of fused-ring (bicyclic) bond motifs is 1. The summed E-state index contributed by atoms with van der Waals surface area (Å²) < 4.78 is 5.65. The van der Waals surface area contributed by atoms with Crippen LogP contribution in [-0.2, 0) is 6.42 Å². The van der Waals surface area contributed by atoms with E-state index in [9.17, 15) is 9.59 Å². The van der Waals surface area contributed by atoms with Crippen molar-refractivity contribution in [3.05, 3.63) is 89.6 Å². The number of nitrogens with zero attached hydrogens (tertiary/aromatic N) is 1. The molecule has 2 aromatic carbocycles. The molecule has 3 aromatic rings. The Kier molecular flexibility index (Phi) is 3.86. The van der Waals surface area contributed by atoms with Crippen molar-refractivity contribution in [2.75, 3.05) is 0 Å². The molecule has 0 fully saturated rings. The third-order valence-corrected chi connectivity index (χ3v) is 4.31. The van der Waals surface area contributed by atoms with Gasteiger partial charge in [-0.2, -0.15) is 0 Å². The number of carbonyl (C=O) groups excluding carboxylic acids is 2. The molecule has 0 aliphatic heterocycles. The van der Waals surface area contributed by atoms with Crippen LogP contribution < -0.4 is 4.74 Å². The standard InChI is InChI=1S/C21H15NO3/c23-20-16-5-1-2-6-17(16)21(24)18(20)13-14-8-10-15(11-9-14)25-19-7-3-4-12-22-19/h1-12,18H,13H2. The van der Waals surface area contributed by atoms with Gasteiger partial charge in [0.15, 0.2) is 11.6 Å². The lowest BCUT2D eigenvalue weighted by Crippen LogP contribution is -2.17. The smallest absolute Gasteiger partial charge is 0.219 e. The predicted molar refractivity (Wildman–Crippen MR) is 93.1 cm³/mol. The number of aromatic nitrogens is 1. The van der Waals surface area contributed by atoms with Gasteiger partial charge in [-0.15, -0.1) is 0 Å². The maximum atomic E-state index is 12.5. The minimum Gasteiger partial charge on any atom is -0.439 e. The Labute approximate surface area is 145 Å². The van der Waals surface area contributed by atoms with Gasteiger partial charge in [-0.25, -0.2) is 4.98 Å². The Morgan fingerprint density at radius 3 is 2.04 bits per heavy atom. The maximum absolute atomic E-state index is 12.5. The van der Waals surface area contributed by atoms with Gasteiger partial charge in [-0.1, -0.05) is 42.5 Å². The Hall–Kier alpha value is -3.27. The molecule has 0 atom stereocenters. The molecule has 0 saturated carbocycles. The Morgan fingerprint density at radius 1 is 0.800 bits per heavy atom. The van der Waals surface area contributed by atoms with Gasteiger partial charge in [0.2, 0.25) is 5.88 Å². The molecule has 1 aliphatic carbocycles. The van der Waals surface area contributed by atoms with Crippen molar-refractivity contribution in [2.24, 2.45) is 5.92 Å². The summed E-state index contributed by atoms with van der Waals surface area (Å²) in [4.78, 5) is 29.0. The first kappa shape index (κ1) is 15.3. The van der Waals surface area contributed by atoms with Crippen molar-refractivity contribution in [1.29, 1.82) is 0 Å². The molecule has 0 radical (unpaired) electrons. The number of ketones is 2. The van der Waals surface area contributed by atoms with Crippen LogP contribution in [0.15, 0.2) is 72.9 Å². The fourth-order valence-corrected chi connectivity index (χ4v) is 3.05. The highest BCUT2D eigenvalue weighted by molar-refractivity contribution is 6.26. The lowest BCUT2D eigenvalue weighted by Gasteiger charge is -2.08. The molecule has 0 N–H and O–H groups in total. The fourth-order valence-electron chi connectivity index (χ4n) is 3.05. The van der Waals surface area contributed by atoms with Gasteiger partial charge in [0.1, 0.15) is 5.75 Å². The van der Waals surface area contributed by atoms with Crippen molar-refractivity contribution in [1.82, 2.24) is 4.98 Å². The summed E-state index contributed by atoms with van der Waals surface area (Å²) in [5, 5.41) is 0. The lowest BCUT2D eigenvalue weighted by atomic mass is 9.95. The first-order valence-electron chi connectivity index (χ1n) is 8.07. The molecule has 122 valence electrons. The zero-order valence-electron chi connectivity index (χ0n) is 13.4. The van der Waals surface area contributed by atoms with E-state index < -0.39 is 5.92 Å². The van der Waals surface area contributed by atoms with E-state index >= 15 is 0 Å². The molecule has 0 saturated heterocycles. The van der Waals surface area contributed by atoms with Gasteiger partial charge in [0, 0.05) is 23.4 Å². The zero-order valence-corrected chi connectivity index (χ0v) is 13.4. The second-order valence-corrected chi connectivity index (χ2v) is 5.94. The van der Waals surface area contributed by atoms with Crippen molar-refractivity contribution in [3.8, 4) is 11.6 Å². The first-order valence-corrected chi connectivity index (χ1v) is 8.07. The van der Waals surface area contributed by atoms with Crippen LogP contribution >= 0.6 is 0 Å². The number of benzene rings is 2. The molecular weight excluding hydrogens is 314 g/mol. The van der Waals surface area contributed by atoms with E-state index in [1.54, 1.807) is 36.5 Å². The molecule has 1 aliphatic rings. The van der Waals surface area contributed by atoms with Gasteiger partial charge in [-0.3, -0.25) is 9.59 Å². The van der Waals surface area contributed by atoms with Gasteiger partial charge < -0.3 is 4.74 Å². The van der Waals surface area contributed by atoms with Crippen LogP contribution in [0, 0.1) is 5.92 Å². The molecule has 1 aromatic heterocycles. The molecule has 4 heteroatoms. The summed E-state index contributed by atoms with van der Waals surface area (Å²) >= 11 is 0. The SMILES string of the molecule is O=C1c2ccccc2C(=O)C1Cc1ccc(Oc2ccccn2)cc1. The summed E-state index contributed by atoms with van der Waals surface area (Å²) in [5.41, 5.74) is 1.99. The molecule has 25 heavy (non-hydrogen) atoms. The second kappa shape index (κ2) is 6.32. The molecular formula is C21H15NO3. The Morgan fingerprint density at radius 2 is 1.44 bits per heavy atom. The highest BCUT2D eigenvalue weighted by Gasteiger charge is 2.37. The molecule has 0 spiro atoms. The van der Waals surface area contributed by atoms with Gasteiger partial charge >= 0.3 is 0 Å². The summed E-state index contributed by atoms with van der Waals surface area (Å²) in [6, 6.07) is 19.9. The average molecular weight is 329 g/mol. The second-order valence-electron chi connectivity index (χ2n) is 5.94. The van der Waals surface area contributed by atoms with Crippen LogP contribution in [0.5, 0.6) is 11.6 Å². The van der Waals surface area contributed by atoms with Crippen molar-refractivity contribution < 1.29 is 14.3 Å². The largest absolute Gasteiger partial charge is 0.439 e. The summed E-state index contributed by atoms with van der Waals surface area (Å²) in [6.07, 6.45) is 2.06. The topological polar surface area (TPSA) is 56.3 Å². The molecule has 1 heterocycles. The summed E-state index contributed by atoms with van der Waals surface area (Å²) in [5.74, 6) is 0.380. The number of carbonyl (C=O) groups is 2. The van der Waals surface area contributed by atoms with E-state index in [1.807, 2.05) is 36.4 Å². The highest BCUT2D eigenvalue weighted by atomic mass is 16.5. The third-order valence-electron chi connectivity index (χ3n) is 4.31. The quantitative estimate of drug-likeness (QED) is 0.676. The van der Waals surface area contributed by atoms with E-state index in [1.165, 1.54) is 0 Å². The number of hydrogen-bond acceptors (Lipinski definition) is 4. The Balaban J connectivity index is 1.49. The summed E-state index contributed by atoms with van der Waals surface area (Å²) in [6.45, 7) is 0. The lowest BCUT2D eigenvalue weighted by molar-refractivity contribution is 0.0838. The number of Topliss-reactive ketones (excluding diaryl/α,β-unsaturated/α-hetero) is 2. The van der Waals surface area contributed by atoms with Crippen LogP contribution in [0.4, 0.5) is 0 Å². The number of ether oxygens (including phenoxy) is 1. The van der Waals surface area contributed by atoms with Gasteiger partial charge in [0.25, 0.3) is 0 Å². The van der Waals surface area contributed by atoms with Crippen molar-refractivity contribution in [2.45, 2.75) is 6.42 Å². The van der Waals surface area contributed by atoms with E-state index in [-0.39, 0.29) is 11.6 Å². The van der Waals surface area contributed by atoms with Gasteiger partial charge in [-0.05, 0) is 30.2 Å². The highest BCUT2D eigenvalue weighted by Crippen LogP contribution is 2.29. The number of pyridine rings is 1. The minimum atomic E-state index is -0.625. The molecule has 4 rings (SSSR count). The van der Waals surface area contributed by atoms with Crippen LogP contribution in [0.2, 0.25) is 0 Å². The van der Waals surface area contributed by atoms with E-state index in [0.29, 0.717) is 29.2 Å². The van der Waals surface area contributed by atoms with Gasteiger partial charge in [0.05, 0.1) is 5.92 Å². The summed E-state index contributed by atoms with van der Waals surface area (Å²) in [7, 11) is 0. The zero-order chi connectivity index (χ0) is 17.2. The van der Waals surface area contributed by atoms with Crippen molar-refractivity contribution in [3.63, 3.8) is 0 Å². The molecule has 0 unspecified atom stereocenters. The minimum absolute atomic E-state index is 0.0885. The molecule has 0 amide bonds. The average Bonchev–Trinajstić information content (AvgIpc) is 2.89. The van der Waals surface area contributed by atoms with E-state index in [4.69, 9.17) is 4.74 Å². The predicted octanol–water partition coefficient (Wildman–Crippen LogP) is 4.11. The normalized spacial score (nSPS) is 13.8. The van der Waals surface area contributed by atoms with E-state index in [0.717, 1.165) is 5.56 Å². The monoisotopic (exact) mass is 329 g/mol. The Bertz CT molecular complexity index is 898. The maximum Gasteiger partial charge on any atom is 0.219 e. The molecule has 0 bridgehead atoms.